The number of carbonyl (C=O) groups excluding carboxylic acids is 2. The van der Waals surface area contributed by atoms with E-state index in [9.17, 15) is 31.2 Å². The zero-order valence-corrected chi connectivity index (χ0v) is 23.4. The highest BCUT2D eigenvalue weighted by Gasteiger charge is 2.50. The Morgan fingerprint density at radius 2 is 1.44 bits per heavy atom. The maximum Gasteiger partial charge on any atom is 0.534 e. The second-order valence-electron chi connectivity index (χ2n) is 9.58. The molecule has 1 aliphatic heterocycles. The highest BCUT2D eigenvalue weighted by atomic mass is 32.2. The first-order chi connectivity index (χ1) is 20.5. The summed E-state index contributed by atoms with van der Waals surface area (Å²) in [6.45, 7) is 1.27. The van der Waals surface area contributed by atoms with E-state index >= 15 is 0 Å². The lowest BCUT2D eigenvalue weighted by atomic mass is 9.84. The van der Waals surface area contributed by atoms with Gasteiger partial charge < -0.3 is 18.6 Å². The Hall–Kier alpha value is -4.84. The average molecular weight is 612 g/mol. The van der Waals surface area contributed by atoms with Crippen molar-refractivity contribution in [1.29, 1.82) is 0 Å². The van der Waals surface area contributed by atoms with E-state index in [2.05, 4.69) is 4.18 Å². The van der Waals surface area contributed by atoms with Crippen molar-refractivity contribution in [2.45, 2.75) is 25.0 Å². The molecule has 1 atom stereocenters. The summed E-state index contributed by atoms with van der Waals surface area (Å²) in [7, 11) is -6.12. The molecule has 0 fully saturated rings. The van der Waals surface area contributed by atoms with Crippen molar-refractivity contribution < 1.29 is 44.8 Å². The molecule has 0 N–H and O–H groups in total. The molecule has 0 aliphatic carbocycles. The number of fused-ring (bicyclic) bond motifs is 2. The number of hydrogen-bond acceptors (Lipinski definition) is 8. The van der Waals surface area contributed by atoms with E-state index in [0.29, 0.717) is 11.3 Å². The second-order valence-corrected chi connectivity index (χ2v) is 11.1. The predicted molar refractivity (Wildman–Crippen MR) is 150 cm³/mol. The van der Waals surface area contributed by atoms with Crippen LogP contribution in [-0.4, -0.2) is 32.4 Å². The van der Waals surface area contributed by atoms with Crippen LogP contribution in [0.5, 0.6) is 11.5 Å². The fraction of sp³-hybridized carbons (Fsp3) is 0.161. The second kappa shape index (κ2) is 11.8. The quantitative estimate of drug-likeness (QED) is 0.101. The molecular weight excluding hydrogens is 587 g/mol. The number of alkyl halides is 3. The van der Waals surface area contributed by atoms with Gasteiger partial charge in [-0.25, -0.2) is 0 Å². The molecule has 5 rings (SSSR count). The van der Waals surface area contributed by atoms with E-state index in [1.165, 1.54) is 17.0 Å². The lowest BCUT2D eigenvalue weighted by Crippen LogP contribution is -2.35. The van der Waals surface area contributed by atoms with Crippen LogP contribution in [0.2, 0.25) is 0 Å². The van der Waals surface area contributed by atoms with Gasteiger partial charge in [0, 0.05) is 16.9 Å². The number of esters is 2. The predicted octanol–water partition coefficient (Wildman–Crippen LogP) is 6.16. The van der Waals surface area contributed by atoms with Gasteiger partial charge in [-0.1, -0.05) is 72.8 Å². The normalized spacial score (nSPS) is 14.3. The molecule has 1 aliphatic rings. The summed E-state index contributed by atoms with van der Waals surface area (Å²) in [4.78, 5) is 28.2. The number of para-hydroxylation sites is 2. The summed E-state index contributed by atoms with van der Waals surface area (Å²) in [6.07, 6.45) is 0. The number of ether oxygens (including phenoxy) is 2. The molecule has 0 bridgehead atoms. The van der Waals surface area contributed by atoms with Gasteiger partial charge in [0.05, 0.1) is 0 Å². The van der Waals surface area contributed by atoms with E-state index in [-0.39, 0.29) is 29.2 Å². The lowest BCUT2D eigenvalue weighted by molar-refractivity contribution is -0.143. The van der Waals surface area contributed by atoms with E-state index < -0.39 is 45.8 Å². The largest absolute Gasteiger partial charge is 0.534 e. The third kappa shape index (κ3) is 6.19. The summed E-state index contributed by atoms with van der Waals surface area (Å²) in [6, 6.07) is 25.7. The summed E-state index contributed by atoms with van der Waals surface area (Å²) in [5.74, 6) is -3.52. The smallest absolute Gasteiger partial charge is 0.459 e. The number of halogens is 3. The van der Waals surface area contributed by atoms with Gasteiger partial charge in [-0.3, -0.25) is 9.59 Å². The van der Waals surface area contributed by atoms with Crippen LogP contribution in [-0.2, 0) is 31.1 Å². The van der Waals surface area contributed by atoms with Crippen molar-refractivity contribution in [3.63, 3.8) is 0 Å². The van der Waals surface area contributed by atoms with Gasteiger partial charge in [-0.2, -0.15) is 21.6 Å². The third-order valence-corrected chi connectivity index (χ3v) is 7.68. The minimum absolute atomic E-state index is 0.0274. The fourth-order valence-electron chi connectivity index (χ4n) is 4.72. The molecule has 0 saturated carbocycles. The van der Waals surface area contributed by atoms with E-state index in [0.717, 1.165) is 11.6 Å². The summed E-state index contributed by atoms with van der Waals surface area (Å²) in [5.41, 5.74) is -3.91. The number of carbonyl (C=O) groups is 2. The minimum atomic E-state index is -6.12. The molecule has 0 spiro atoms. The minimum Gasteiger partial charge on any atom is -0.459 e. The Balaban J connectivity index is 1.59. The van der Waals surface area contributed by atoms with Crippen LogP contribution >= 0.6 is 0 Å². The van der Waals surface area contributed by atoms with Crippen molar-refractivity contribution in [3.8, 4) is 11.5 Å². The highest BCUT2D eigenvalue weighted by molar-refractivity contribution is 7.88. The van der Waals surface area contributed by atoms with E-state index in [1.807, 2.05) is 6.07 Å². The number of benzene rings is 4. The van der Waals surface area contributed by atoms with Crippen LogP contribution in [0.25, 0.3) is 0 Å². The Kier molecular flexibility index (Phi) is 8.14. The molecule has 0 saturated heterocycles. The number of rotatable bonds is 8. The monoisotopic (exact) mass is 611 g/mol. The summed E-state index contributed by atoms with van der Waals surface area (Å²) >= 11 is 0. The van der Waals surface area contributed by atoms with Crippen LogP contribution < -0.4 is 13.8 Å². The molecule has 0 amide bonds. The first-order valence-corrected chi connectivity index (χ1v) is 14.3. The lowest BCUT2D eigenvalue weighted by Gasteiger charge is -2.36. The Morgan fingerprint density at radius 1 is 0.814 bits per heavy atom. The van der Waals surface area contributed by atoms with Crippen molar-refractivity contribution in [1.82, 2.24) is 0 Å². The third-order valence-electron chi connectivity index (χ3n) is 6.71. The summed E-state index contributed by atoms with van der Waals surface area (Å²) in [5, 5.41) is 0. The maximum absolute atomic E-state index is 13.8. The van der Waals surface area contributed by atoms with Gasteiger partial charge in [0.15, 0.2) is 0 Å². The number of nitrogens with zero attached hydrogens (tertiary/aromatic N) is 1. The molecule has 43 heavy (non-hydrogen) atoms. The molecule has 4 aromatic rings. The van der Waals surface area contributed by atoms with Gasteiger partial charge in [-0.15, -0.1) is 0 Å². The van der Waals surface area contributed by atoms with Crippen LogP contribution in [0.15, 0.2) is 97.1 Å². The number of hydrogen-bond donors (Lipinski definition) is 0. The van der Waals surface area contributed by atoms with Crippen LogP contribution in [0.4, 0.5) is 24.5 Å². The summed E-state index contributed by atoms with van der Waals surface area (Å²) < 4.78 is 80.0. The van der Waals surface area contributed by atoms with Crippen LogP contribution in [0, 0.1) is 6.92 Å². The van der Waals surface area contributed by atoms with Gasteiger partial charge in [0.2, 0.25) is 0 Å². The van der Waals surface area contributed by atoms with Gasteiger partial charge in [0.1, 0.15) is 30.6 Å². The van der Waals surface area contributed by atoms with Crippen molar-refractivity contribution >= 4 is 33.4 Å². The molecular formula is C31H24F3NO7S. The van der Waals surface area contributed by atoms with Crippen molar-refractivity contribution in [2.75, 3.05) is 11.4 Å². The maximum atomic E-state index is 13.8. The molecule has 4 aromatic carbocycles. The molecule has 222 valence electrons. The molecule has 0 aromatic heterocycles. The Morgan fingerprint density at radius 3 is 2.16 bits per heavy atom. The first-order valence-electron chi connectivity index (χ1n) is 12.9. The average Bonchev–Trinajstić information content (AvgIpc) is 2.97. The standard InChI is InChI=1S/C31H24F3NO7S/c1-20-10-5-8-16-25(20)41-30(37)28-22-13-6-7-14-23(22)35(18-27(36)40-19-21-11-3-2-4-12-21)24-15-9-17-26(29(24)28)42-43(38,39)31(32,33)34/h2-17,28H,18-19H2,1H3. The van der Waals surface area contributed by atoms with E-state index in [1.54, 1.807) is 79.7 Å². The topological polar surface area (TPSA) is 99.2 Å². The van der Waals surface area contributed by atoms with Gasteiger partial charge in [-0.05, 0) is 47.9 Å². The van der Waals surface area contributed by atoms with Gasteiger partial charge >= 0.3 is 27.6 Å². The van der Waals surface area contributed by atoms with Crippen molar-refractivity contribution in [2.24, 2.45) is 0 Å². The van der Waals surface area contributed by atoms with Gasteiger partial charge in [0.25, 0.3) is 0 Å². The number of aryl methyl sites for hydroxylation is 1. The molecule has 1 unspecified atom stereocenters. The van der Waals surface area contributed by atoms with E-state index in [4.69, 9.17) is 9.47 Å². The molecule has 12 heteroatoms. The van der Waals surface area contributed by atoms with Crippen molar-refractivity contribution in [3.05, 3.63) is 119 Å². The van der Waals surface area contributed by atoms with Crippen LogP contribution in [0.3, 0.4) is 0 Å². The first kappa shape index (κ1) is 29.6. The van der Waals surface area contributed by atoms with Crippen LogP contribution in [0.1, 0.15) is 28.2 Å². The Labute approximate surface area is 245 Å². The highest BCUT2D eigenvalue weighted by Crippen LogP contribution is 2.50. The zero-order chi connectivity index (χ0) is 30.8. The Bertz CT molecular complexity index is 1780. The molecule has 1 heterocycles. The SMILES string of the molecule is Cc1ccccc1OC(=O)C1c2ccccc2N(CC(=O)OCc2ccccc2)c2cccc(OS(=O)(=O)C(F)(F)F)c21. The molecule has 8 nitrogen and oxygen atoms in total. The number of anilines is 2. The molecule has 0 radical (unpaired) electrons. The fourth-order valence-corrected chi connectivity index (χ4v) is 5.20. The zero-order valence-electron chi connectivity index (χ0n) is 22.6.